The number of benzene rings is 1. The summed E-state index contributed by atoms with van der Waals surface area (Å²) < 4.78 is 0. The summed E-state index contributed by atoms with van der Waals surface area (Å²) in [6.45, 7) is 0.628. The average Bonchev–Trinajstić information content (AvgIpc) is 2.34. The van der Waals surface area contributed by atoms with Crippen LogP contribution in [0.5, 0.6) is 0 Å². The lowest BCUT2D eigenvalue weighted by molar-refractivity contribution is -0.137. The molecule has 0 aliphatic heterocycles. The monoisotopic (exact) mass is 261 g/mol. The van der Waals surface area contributed by atoms with E-state index in [0.717, 1.165) is 5.69 Å². The lowest BCUT2D eigenvalue weighted by Gasteiger charge is -2.21. The van der Waals surface area contributed by atoms with E-state index in [9.17, 15) is 9.59 Å². The molecule has 100 valence electrons. The van der Waals surface area contributed by atoms with E-state index in [2.05, 4.69) is 5.92 Å². The molecule has 0 saturated carbocycles. The molecular weight excluding hydrogens is 246 g/mol. The smallest absolute Gasteiger partial charge is 0.307 e. The molecule has 2 N–H and O–H groups in total. The van der Waals surface area contributed by atoms with Gasteiger partial charge in [0.1, 0.15) is 0 Å². The Kier molecular flexibility index (Phi) is 5.42. The lowest BCUT2D eigenvalue weighted by atomic mass is 10.1. The maximum atomic E-state index is 10.6. The third kappa shape index (κ3) is 5.13. The average molecular weight is 261 g/mol. The zero-order chi connectivity index (χ0) is 14.3. The van der Waals surface area contributed by atoms with Crippen molar-refractivity contribution < 1.29 is 19.8 Å². The van der Waals surface area contributed by atoms with Crippen LogP contribution < -0.4 is 4.90 Å². The second-order valence-corrected chi connectivity index (χ2v) is 4.01. The molecule has 0 fully saturated rings. The Morgan fingerprint density at radius 1 is 1.16 bits per heavy atom. The molecular formula is C14H15NO4. The molecule has 5 heteroatoms. The number of carboxylic acid groups (broad SMARTS) is 2. The summed E-state index contributed by atoms with van der Waals surface area (Å²) in [7, 11) is 0. The number of carbonyl (C=O) groups is 2. The van der Waals surface area contributed by atoms with E-state index in [0.29, 0.717) is 18.7 Å². The van der Waals surface area contributed by atoms with Crippen molar-refractivity contribution in [1.82, 2.24) is 0 Å². The van der Waals surface area contributed by atoms with Crippen LogP contribution in [-0.2, 0) is 16.0 Å². The van der Waals surface area contributed by atoms with Gasteiger partial charge in [0.25, 0.3) is 0 Å². The second kappa shape index (κ2) is 7.07. The van der Waals surface area contributed by atoms with Crippen molar-refractivity contribution in [3.05, 3.63) is 29.8 Å². The minimum atomic E-state index is -0.890. The zero-order valence-electron chi connectivity index (χ0n) is 10.4. The molecule has 0 amide bonds. The van der Waals surface area contributed by atoms with Crippen molar-refractivity contribution in [1.29, 1.82) is 0 Å². The van der Waals surface area contributed by atoms with Crippen LogP contribution in [0.3, 0.4) is 0 Å². The first-order valence-corrected chi connectivity index (χ1v) is 5.74. The van der Waals surface area contributed by atoms with Gasteiger partial charge < -0.3 is 15.1 Å². The Hall–Kier alpha value is -2.48. The van der Waals surface area contributed by atoms with E-state index in [1.165, 1.54) is 0 Å². The van der Waals surface area contributed by atoms with Gasteiger partial charge in [-0.05, 0) is 17.7 Å². The highest BCUT2D eigenvalue weighted by Crippen LogP contribution is 2.15. The molecule has 1 aromatic carbocycles. The van der Waals surface area contributed by atoms with Gasteiger partial charge >= 0.3 is 11.9 Å². The maximum absolute atomic E-state index is 10.6. The number of hydrogen-bond donors (Lipinski definition) is 2. The number of rotatable bonds is 7. The summed E-state index contributed by atoms with van der Waals surface area (Å²) in [6.07, 6.45) is 5.21. The summed E-state index contributed by atoms with van der Waals surface area (Å²) in [5.41, 5.74) is 1.48. The lowest BCUT2D eigenvalue weighted by Crippen LogP contribution is -2.26. The fraction of sp³-hybridized carbons (Fsp3) is 0.286. The van der Waals surface area contributed by atoms with Crippen molar-refractivity contribution >= 4 is 17.6 Å². The largest absolute Gasteiger partial charge is 0.481 e. The van der Waals surface area contributed by atoms with Crippen molar-refractivity contribution in [3.63, 3.8) is 0 Å². The fourth-order valence-corrected chi connectivity index (χ4v) is 1.64. The number of nitrogens with zero attached hydrogens (tertiary/aromatic N) is 1. The van der Waals surface area contributed by atoms with Crippen LogP contribution in [-0.4, -0.2) is 35.2 Å². The summed E-state index contributed by atoms with van der Waals surface area (Å²) in [5.74, 6) is 0.701. The first-order chi connectivity index (χ1) is 9.02. The first kappa shape index (κ1) is 14.6. The minimum absolute atomic E-state index is 0.00143. The van der Waals surface area contributed by atoms with Gasteiger partial charge in [0.2, 0.25) is 0 Å². The molecule has 5 nitrogen and oxygen atoms in total. The Labute approximate surface area is 111 Å². The second-order valence-electron chi connectivity index (χ2n) is 4.01. The van der Waals surface area contributed by atoms with E-state index in [4.69, 9.17) is 16.6 Å². The predicted molar refractivity (Wildman–Crippen MR) is 71.1 cm³/mol. The summed E-state index contributed by atoms with van der Waals surface area (Å²) in [6, 6.07) is 6.90. The predicted octanol–water partition coefficient (Wildman–Crippen LogP) is 1.23. The van der Waals surface area contributed by atoms with Gasteiger partial charge in [-0.15, -0.1) is 6.42 Å². The number of hydrogen-bond acceptors (Lipinski definition) is 3. The van der Waals surface area contributed by atoms with Gasteiger partial charge in [-0.2, -0.15) is 0 Å². The van der Waals surface area contributed by atoms with E-state index < -0.39 is 11.9 Å². The normalized spacial score (nSPS) is 9.63. The molecule has 19 heavy (non-hydrogen) atoms. The molecule has 0 aliphatic rings. The van der Waals surface area contributed by atoms with E-state index >= 15 is 0 Å². The molecule has 0 unspecified atom stereocenters. The zero-order valence-corrected chi connectivity index (χ0v) is 10.4. The molecule has 0 aliphatic carbocycles. The quantitative estimate of drug-likeness (QED) is 0.722. The van der Waals surface area contributed by atoms with Crippen LogP contribution in [0.1, 0.15) is 12.0 Å². The molecule has 0 spiro atoms. The van der Waals surface area contributed by atoms with Crippen LogP contribution in [0.2, 0.25) is 0 Å². The van der Waals surface area contributed by atoms with Crippen LogP contribution in [0.25, 0.3) is 0 Å². The van der Waals surface area contributed by atoms with Crippen LogP contribution in [0.15, 0.2) is 24.3 Å². The van der Waals surface area contributed by atoms with Gasteiger partial charge in [-0.1, -0.05) is 18.1 Å². The van der Waals surface area contributed by atoms with Crippen molar-refractivity contribution in [2.24, 2.45) is 0 Å². The highest BCUT2D eigenvalue weighted by atomic mass is 16.4. The topological polar surface area (TPSA) is 77.8 Å². The summed E-state index contributed by atoms with van der Waals surface area (Å²) in [4.78, 5) is 22.9. The standard InChI is InChI=1S/C14H15NO4/c1-2-8-15(9-7-13(16)17)12-5-3-11(4-6-12)10-14(18)19/h1,3-6H,7-10H2,(H,16,17)(H,18,19). The molecule has 0 radical (unpaired) electrons. The highest BCUT2D eigenvalue weighted by molar-refractivity contribution is 5.70. The van der Waals surface area contributed by atoms with Crippen molar-refractivity contribution in [2.75, 3.05) is 18.0 Å². The van der Waals surface area contributed by atoms with E-state index in [-0.39, 0.29) is 12.8 Å². The fourth-order valence-electron chi connectivity index (χ4n) is 1.64. The first-order valence-electron chi connectivity index (χ1n) is 5.74. The van der Waals surface area contributed by atoms with Gasteiger partial charge in [0, 0.05) is 12.2 Å². The Balaban J connectivity index is 2.76. The molecule has 0 bridgehead atoms. The Bertz CT molecular complexity index is 487. The van der Waals surface area contributed by atoms with Crippen LogP contribution in [0.4, 0.5) is 5.69 Å². The van der Waals surface area contributed by atoms with Crippen LogP contribution >= 0.6 is 0 Å². The van der Waals surface area contributed by atoms with Gasteiger partial charge in [0.05, 0.1) is 19.4 Å². The van der Waals surface area contributed by atoms with E-state index in [1.54, 1.807) is 29.2 Å². The minimum Gasteiger partial charge on any atom is -0.481 e. The number of anilines is 1. The molecule has 0 heterocycles. The van der Waals surface area contributed by atoms with E-state index in [1.807, 2.05) is 0 Å². The van der Waals surface area contributed by atoms with Gasteiger partial charge in [-0.25, -0.2) is 0 Å². The summed E-state index contributed by atoms with van der Waals surface area (Å²) in [5, 5.41) is 17.3. The molecule has 0 saturated heterocycles. The molecule has 0 aromatic heterocycles. The maximum Gasteiger partial charge on any atom is 0.307 e. The van der Waals surface area contributed by atoms with Crippen LogP contribution in [0, 0.1) is 12.3 Å². The molecule has 1 aromatic rings. The number of terminal acetylenes is 1. The Morgan fingerprint density at radius 2 is 1.79 bits per heavy atom. The summed E-state index contributed by atoms with van der Waals surface area (Å²) >= 11 is 0. The van der Waals surface area contributed by atoms with Gasteiger partial charge in [-0.3, -0.25) is 9.59 Å². The SMILES string of the molecule is C#CCN(CCC(=O)O)c1ccc(CC(=O)O)cc1. The third-order valence-corrected chi connectivity index (χ3v) is 2.53. The highest BCUT2D eigenvalue weighted by Gasteiger charge is 2.08. The molecule has 1 rings (SSSR count). The number of carboxylic acids is 2. The van der Waals surface area contributed by atoms with Gasteiger partial charge in [0.15, 0.2) is 0 Å². The van der Waals surface area contributed by atoms with Crippen molar-refractivity contribution in [3.8, 4) is 12.3 Å². The Morgan fingerprint density at radius 3 is 2.26 bits per heavy atom. The van der Waals surface area contributed by atoms with Crippen molar-refractivity contribution in [2.45, 2.75) is 12.8 Å². The molecule has 0 atom stereocenters. The number of aliphatic carboxylic acids is 2. The third-order valence-electron chi connectivity index (χ3n) is 2.53.